The Balaban J connectivity index is 1.44. The Bertz CT molecular complexity index is 1820. The number of anilines is 3. The van der Waals surface area contributed by atoms with Gasteiger partial charge in [-0.3, -0.25) is 9.59 Å². The summed E-state index contributed by atoms with van der Waals surface area (Å²) < 4.78 is 0. The van der Waals surface area contributed by atoms with Crippen LogP contribution in [0.1, 0.15) is 61.2 Å². The van der Waals surface area contributed by atoms with Crippen LogP contribution in [0.5, 0.6) is 0 Å². The molecular weight excluding hydrogens is 554 g/mol. The fourth-order valence-corrected chi connectivity index (χ4v) is 6.92. The van der Waals surface area contributed by atoms with E-state index in [1.807, 2.05) is 77.7 Å². The molecule has 1 aliphatic rings. The zero-order chi connectivity index (χ0) is 31.6. The number of hydrogen-bond donors (Lipinski definition) is 2. The van der Waals surface area contributed by atoms with Crippen molar-refractivity contribution in [1.82, 2.24) is 0 Å². The molecule has 45 heavy (non-hydrogen) atoms. The summed E-state index contributed by atoms with van der Waals surface area (Å²) in [6.07, 6.45) is 0.724. The van der Waals surface area contributed by atoms with E-state index in [4.69, 9.17) is 0 Å². The molecule has 5 heteroatoms. The third-order valence-corrected chi connectivity index (χ3v) is 8.92. The minimum absolute atomic E-state index is 0.0133. The van der Waals surface area contributed by atoms with Gasteiger partial charge >= 0.3 is 0 Å². The summed E-state index contributed by atoms with van der Waals surface area (Å²) in [6.45, 7) is 8.69. The van der Waals surface area contributed by atoms with E-state index in [1.165, 1.54) is 5.56 Å². The minimum atomic E-state index is -0.439. The van der Waals surface area contributed by atoms with Crippen molar-refractivity contribution < 1.29 is 9.59 Å². The van der Waals surface area contributed by atoms with Crippen LogP contribution in [0.15, 0.2) is 127 Å². The van der Waals surface area contributed by atoms with Crippen molar-refractivity contribution in [2.24, 2.45) is 0 Å². The van der Waals surface area contributed by atoms with E-state index < -0.39 is 11.0 Å². The van der Waals surface area contributed by atoms with Gasteiger partial charge in [0.15, 0.2) is 0 Å². The normalized spacial score (nSPS) is 16.8. The highest BCUT2D eigenvalue weighted by atomic mass is 16.2. The zero-order valence-corrected chi connectivity index (χ0v) is 26.3. The van der Waals surface area contributed by atoms with Gasteiger partial charge in [-0.05, 0) is 72.4 Å². The van der Waals surface area contributed by atoms with Crippen molar-refractivity contribution >= 4 is 28.9 Å². The lowest BCUT2D eigenvalue weighted by molar-refractivity contribution is -0.117. The first-order chi connectivity index (χ1) is 21.7. The highest BCUT2D eigenvalue weighted by Gasteiger charge is 2.47. The molecule has 0 saturated heterocycles. The van der Waals surface area contributed by atoms with Crippen LogP contribution in [0, 0.1) is 0 Å². The van der Waals surface area contributed by atoms with Crippen LogP contribution in [-0.2, 0) is 16.8 Å². The molecule has 0 fully saturated rings. The average molecular weight is 594 g/mol. The molecule has 0 spiro atoms. The maximum atomic E-state index is 13.8. The van der Waals surface area contributed by atoms with Gasteiger partial charge in [0.2, 0.25) is 5.91 Å². The van der Waals surface area contributed by atoms with E-state index in [9.17, 15) is 9.59 Å². The first-order valence-electron chi connectivity index (χ1n) is 15.5. The molecule has 1 atom stereocenters. The van der Waals surface area contributed by atoms with Crippen molar-refractivity contribution in [3.05, 3.63) is 150 Å². The fraction of sp³-hybridized carbons (Fsp3) is 0.200. The van der Waals surface area contributed by atoms with Crippen LogP contribution in [0.4, 0.5) is 17.1 Å². The Hall–Kier alpha value is -5.16. The summed E-state index contributed by atoms with van der Waals surface area (Å²) in [4.78, 5) is 28.9. The maximum absolute atomic E-state index is 13.8. The van der Waals surface area contributed by atoms with Gasteiger partial charge in [-0.1, -0.05) is 110 Å². The van der Waals surface area contributed by atoms with Gasteiger partial charge < -0.3 is 15.5 Å². The van der Waals surface area contributed by atoms with E-state index >= 15 is 0 Å². The lowest BCUT2D eigenvalue weighted by Gasteiger charge is -2.51. The second-order valence-corrected chi connectivity index (χ2v) is 12.7. The van der Waals surface area contributed by atoms with E-state index in [0.29, 0.717) is 17.8 Å². The van der Waals surface area contributed by atoms with Gasteiger partial charge in [0.05, 0.1) is 17.1 Å². The Morgan fingerprint density at radius 1 is 0.711 bits per heavy atom. The van der Waals surface area contributed by atoms with Crippen LogP contribution < -0.4 is 15.5 Å². The standard InChI is InChI=1S/C40H39N3O2/c1-28(44)43-37-25-35(41-26-29-14-8-5-9-15-29)36(24-34(37)40(4,27-39(43,2)3)33-18-12-7-13-19-33)42-38(45)32-22-20-31(21-23-32)30-16-10-6-11-17-30/h5-25,41H,26-27H2,1-4H3,(H,42,45). The van der Waals surface area contributed by atoms with Crippen molar-refractivity contribution in [3.63, 3.8) is 0 Å². The Labute approximate surface area is 265 Å². The molecule has 1 heterocycles. The largest absolute Gasteiger partial charge is 0.379 e. The molecule has 5 nitrogen and oxygen atoms in total. The van der Waals surface area contributed by atoms with Crippen molar-refractivity contribution in [1.29, 1.82) is 0 Å². The van der Waals surface area contributed by atoms with Gasteiger partial charge in [-0.15, -0.1) is 0 Å². The fourth-order valence-electron chi connectivity index (χ4n) is 6.92. The monoisotopic (exact) mass is 593 g/mol. The predicted molar refractivity (Wildman–Crippen MR) is 185 cm³/mol. The van der Waals surface area contributed by atoms with Gasteiger partial charge in [-0.25, -0.2) is 0 Å². The number of nitrogens with one attached hydrogen (secondary N) is 2. The molecule has 2 N–H and O–H groups in total. The average Bonchev–Trinajstić information content (AvgIpc) is 3.05. The van der Waals surface area contributed by atoms with Crippen LogP contribution in [0.2, 0.25) is 0 Å². The summed E-state index contributed by atoms with van der Waals surface area (Å²) in [5.41, 5.74) is 7.45. The Morgan fingerprint density at radius 2 is 1.29 bits per heavy atom. The van der Waals surface area contributed by atoms with Crippen molar-refractivity contribution in [2.75, 3.05) is 15.5 Å². The van der Waals surface area contributed by atoms with E-state index in [-0.39, 0.29) is 11.8 Å². The quantitative estimate of drug-likeness (QED) is 0.198. The Morgan fingerprint density at radius 3 is 1.91 bits per heavy atom. The molecule has 0 aliphatic carbocycles. The molecule has 2 amide bonds. The molecule has 5 aromatic rings. The molecule has 6 rings (SSSR count). The number of amides is 2. The lowest BCUT2D eigenvalue weighted by atomic mass is 9.65. The highest BCUT2D eigenvalue weighted by molar-refractivity contribution is 6.07. The molecule has 0 aromatic heterocycles. The third-order valence-electron chi connectivity index (χ3n) is 8.92. The maximum Gasteiger partial charge on any atom is 0.255 e. The van der Waals surface area contributed by atoms with Crippen LogP contribution >= 0.6 is 0 Å². The van der Waals surface area contributed by atoms with Crippen LogP contribution in [0.25, 0.3) is 11.1 Å². The first kappa shape index (κ1) is 29.9. The van der Waals surface area contributed by atoms with Crippen LogP contribution in [0.3, 0.4) is 0 Å². The number of nitrogens with zero attached hydrogens (tertiary/aromatic N) is 1. The van der Waals surface area contributed by atoms with Gasteiger partial charge in [0, 0.05) is 30.0 Å². The minimum Gasteiger partial charge on any atom is -0.379 e. The topological polar surface area (TPSA) is 61.4 Å². The van der Waals surface area contributed by atoms with E-state index in [1.54, 1.807) is 6.92 Å². The van der Waals surface area contributed by atoms with Crippen molar-refractivity contribution in [2.45, 2.75) is 51.6 Å². The molecule has 1 unspecified atom stereocenters. The molecule has 0 radical (unpaired) electrons. The van der Waals surface area contributed by atoms with Gasteiger partial charge in [-0.2, -0.15) is 0 Å². The number of rotatable bonds is 7. The molecule has 0 bridgehead atoms. The summed E-state index contributed by atoms with van der Waals surface area (Å²) >= 11 is 0. The molecule has 5 aromatic carbocycles. The predicted octanol–water partition coefficient (Wildman–Crippen LogP) is 9.06. The molecule has 0 saturated carbocycles. The lowest BCUT2D eigenvalue weighted by Crippen LogP contribution is -2.55. The summed E-state index contributed by atoms with van der Waals surface area (Å²) in [6, 6.07) is 42.5. The number of fused-ring (bicyclic) bond motifs is 1. The number of carbonyl (C=O) groups excluding carboxylic acids is 2. The van der Waals surface area contributed by atoms with E-state index in [2.05, 4.69) is 86.0 Å². The van der Waals surface area contributed by atoms with Gasteiger partial charge in [0.1, 0.15) is 0 Å². The second kappa shape index (κ2) is 12.1. The third kappa shape index (κ3) is 5.99. The zero-order valence-electron chi connectivity index (χ0n) is 26.3. The molecular formula is C40H39N3O2. The molecule has 226 valence electrons. The number of hydrogen-bond acceptors (Lipinski definition) is 3. The number of benzene rings is 5. The first-order valence-corrected chi connectivity index (χ1v) is 15.5. The second-order valence-electron chi connectivity index (χ2n) is 12.7. The summed E-state index contributed by atoms with van der Waals surface area (Å²) in [7, 11) is 0. The van der Waals surface area contributed by atoms with Crippen molar-refractivity contribution in [3.8, 4) is 11.1 Å². The SMILES string of the molecule is CC(=O)N1c2cc(NCc3ccccc3)c(NC(=O)c3ccc(-c4ccccc4)cc3)cc2C(C)(c2ccccc2)CC1(C)C. The molecule has 1 aliphatic heterocycles. The number of carbonyl (C=O) groups is 2. The highest BCUT2D eigenvalue weighted by Crippen LogP contribution is 2.52. The summed E-state index contributed by atoms with van der Waals surface area (Å²) in [5.74, 6) is -0.209. The van der Waals surface area contributed by atoms with Gasteiger partial charge in [0.25, 0.3) is 5.91 Å². The smallest absolute Gasteiger partial charge is 0.255 e. The summed E-state index contributed by atoms with van der Waals surface area (Å²) in [5, 5.41) is 6.79. The van der Waals surface area contributed by atoms with Crippen LogP contribution in [-0.4, -0.2) is 17.4 Å². The van der Waals surface area contributed by atoms with E-state index in [0.717, 1.165) is 40.0 Å². The Kier molecular flexibility index (Phi) is 8.03.